The van der Waals surface area contributed by atoms with E-state index in [1.807, 2.05) is 6.07 Å². The topological polar surface area (TPSA) is 79.3 Å². The molecule has 0 aliphatic heterocycles. The van der Waals surface area contributed by atoms with Gasteiger partial charge >= 0.3 is 5.97 Å². The van der Waals surface area contributed by atoms with Gasteiger partial charge in [-0.15, -0.1) is 11.3 Å². The molecule has 2 aromatic rings. The molecule has 1 aromatic heterocycles. The second-order valence-electron chi connectivity index (χ2n) is 4.99. The maximum atomic E-state index is 12.2. The monoisotopic (exact) mass is 290 g/mol. The fourth-order valence-electron chi connectivity index (χ4n) is 2.68. The SMILES string of the molecule is O=C(NC1CCCC1C(=O)O)c1ccc2ncsc2c1. The first-order chi connectivity index (χ1) is 9.65. The summed E-state index contributed by atoms with van der Waals surface area (Å²) in [6.07, 6.45) is 2.20. The van der Waals surface area contributed by atoms with Gasteiger partial charge in [0.15, 0.2) is 0 Å². The van der Waals surface area contributed by atoms with Crippen molar-refractivity contribution in [3.05, 3.63) is 29.3 Å². The van der Waals surface area contributed by atoms with Crippen molar-refractivity contribution in [3.8, 4) is 0 Å². The molecule has 5 nitrogen and oxygen atoms in total. The van der Waals surface area contributed by atoms with E-state index in [4.69, 9.17) is 5.11 Å². The number of nitrogens with one attached hydrogen (secondary N) is 1. The van der Waals surface area contributed by atoms with E-state index in [0.29, 0.717) is 12.0 Å². The Kier molecular flexibility index (Phi) is 3.40. The van der Waals surface area contributed by atoms with Crippen molar-refractivity contribution in [2.45, 2.75) is 25.3 Å². The molecule has 2 unspecified atom stereocenters. The summed E-state index contributed by atoms with van der Waals surface area (Å²) in [4.78, 5) is 27.5. The summed E-state index contributed by atoms with van der Waals surface area (Å²) in [5.74, 6) is -1.50. The van der Waals surface area contributed by atoms with Gasteiger partial charge in [0.05, 0.1) is 21.6 Å². The van der Waals surface area contributed by atoms with Crippen LogP contribution in [0.15, 0.2) is 23.7 Å². The van der Waals surface area contributed by atoms with Crippen molar-refractivity contribution in [3.63, 3.8) is 0 Å². The van der Waals surface area contributed by atoms with Gasteiger partial charge in [0.25, 0.3) is 5.91 Å². The molecule has 20 heavy (non-hydrogen) atoms. The van der Waals surface area contributed by atoms with Crippen molar-refractivity contribution < 1.29 is 14.7 Å². The lowest BCUT2D eigenvalue weighted by Crippen LogP contribution is -2.40. The maximum absolute atomic E-state index is 12.2. The van der Waals surface area contributed by atoms with Crippen LogP contribution >= 0.6 is 11.3 Å². The molecule has 1 fully saturated rings. The third-order valence-electron chi connectivity index (χ3n) is 3.74. The van der Waals surface area contributed by atoms with Gasteiger partial charge in [-0.2, -0.15) is 0 Å². The van der Waals surface area contributed by atoms with E-state index in [0.717, 1.165) is 23.1 Å². The van der Waals surface area contributed by atoms with Crippen molar-refractivity contribution in [1.29, 1.82) is 0 Å². The Hall–Kier alpha value is -1.95. The summed E-state index contributed by atoms with van der Waals surface area (Å²) in [5.41, 5.74) is 3.16. The first-order valence-electron chi connectivity index (χ1n) is 6.52. The zero-order valence-electron chi connectivity index (χ0n) is 10.7. The highest BCUT2D eigenvalue weighted by Crippen LogP contribution is 2.26. The summed E-state index contributed by atoms with van der Waals surface area (Å²) >= 11 is 1.48. The Balaban J connectivity index is 1.77. The molecular weight excluding hydrogens is 276 g/mol. The predicted molar refractivity (Wildman–Crippen MR) is 75.9 cm³/mol. The van der Waals surface area contributed by atoms with Crippen LogP contribution in [-0.2, 0) is 4.79 Å². The van der Waals surface area contributed by atoms with E-state index in [1.165, 1.54) is 11.3 Å². The molecule has 1 aliphatic rings. The van der Waals surface area contributed by atoms with Gasteiger partial charge in [0, 0.05) is 11.6 Å². The average molecular weight is 290 g/mol. The van der Waals surface area contributed by atoms with E-state index in [-0.39, 0.29) is 11.9 Å². The number of carbonyl (C=O) groups excluding carboxylic acids is 1. The van der Waals surface area contributed by atoms with Gasteiger partial charge in [-0.1, -0.05) is 6.42 Å². The van der Waals surface area contributed by atoms with Crippen LogP contribution in [0.3, 0.4) is 0 Å². The molecule has 1 aliphatic carbocycles. The third kappa shape index (κ3) is 2.38. The minimum Gasteiger partial charge on any atom is -0.481 e. The predicted octanol–water partition coefficient (Wildman–Crippen LogP) is 2.28. The van der Waals surface area contributed by atoms with Crippen molar-refractivity contribution in [2.24, 2.45) is 5.92 Å². The Morgan fingerprint density at radius 1 is 1.35 bits per heavy atom. The second kappa shape index (κ2) is 5.20. The molecule has 104 valence electrons. The van der Waals surface area contributed by atoms with E-state index in [9.17, 15) is 9.59 Å². The third-order valence-corrected chi connectivity index (χ3v) is 4.53. The highest BCUT2D eigenvalue weighted by atomic mass is 32.1. The summed E-state index contributed by atoms with van der Waals surface area (Å²) in [6.45, 7) is 0. The van der Waals surface area contributed by atoms with Crippen LogP contribution in [0.5, 0.6) is 0 Å². The van der Waals surface area contributed by atoms with Gasteiger partial charge in [0.1, 0.15) is 0 Å². The molecule has 1 heterocycles. The van der Waals surface area contributed by atoms with Crippen LogP contribution < -0.4 is 5.32 Å². The van der Waals surface area contributed by atoms with Gasteiger partial charge < -0.3 is 10.4 Å². The van der Waals surface area contributed by atoms with Crippen LogP contribution in [0.1, 0.15) is 29.6 Å². The number of hydrogen-bond donors (Lipinski definition) is 2. The normalized spacial score (nSPS) is 22.0. The number of carboxylic acid groups (broad SMARTS) is 1. The number of nitrogens with zero attached hydrogens (tertiary/aromatic N) is 1. The van der Waals surface area contributed by atoms with Crippen LogP contribution in [-0.4, -0.2) is 28.0 Å². The molecule has 2 N–H and O–H groups in total. The molecule has 2 atom stereocenters. The van der Waals surface area contributed by atoms with Crippen LogP contribution in [0.25, 0.3) is 10.2 Å². The smallest absolute Gasteiger partial charge is 0.308 e. The molecular formula is C14H14N2O3S. The maximum Gasteiger partial charge on any atom is 0.308 e. The quantitative estimate of drug-likeness (QED) is 0.909. The number of hydrogen-bond acceptors (Lipinski definition) is 4. The minimum absolute atomic E-state index is 0.210. The van der Waals surface area contributed by atoms with Gasteiger partial charge in [-0.25, -0.2) is 4.98 Å². The number of carboxylic acids is 1. The Labute approximate surface area is 119 Å². The number of aromatic nitrogens is 1. The average Bonchev–Trinajstić information content (AvgIpc) is 3.05. The van der Waals surface area contributed by atoms with Crippen LogP contribution in [0.4, 0.5) is 0 Å². The molecule has 1 aromatic carbocycles. The van der Waals surface area contributed by atoms with Crippen molar-refractivity contribution in [2.75, 3.05) is 0 Å². The molecule has 0 radical (unpaired) electrons. The van der Waals surface area contributed by atoms with Gasteiger partial charge in [-0.3, -0.25) is 9.59 Å². The minimum atomic E-state index is -0.828. The molecule has 0 spiro atoms. The lowest BCUT2D eigenvalue weighted by molar-refractivity contribution is -0.142. The molecule has 1 amide bonds. The number of amides is 1. The van der Waals surface area contributed by atoms with E-state index in [1.54, 1.807) is 17.6 Å². The fourth-order valence-corrected chi connectivity index (χ4v) is 3.39. The second-order valence-corrected chi connectivity index (χ2v) is 5.88. The van der Waals surface area contributed by atoms with E-state index < -0.39 is 11.9 Å². The highest BCUT2D eigenvalue weighted by Gasteiger charge is 2.33. The zero-order chi connectivity index (χ0) is 14.1. The fraction of sp³-hybridized carbons (Fsp3) is 0.357. The summed E-state index contributed by atoms with van der Waals surface area (Å²) < 4.78 is 0.957. The molecule has 6 heteroatoms. The van der Waals surface area contributed by atoms with Crippen molar-refractivity contribution in [1.82, 2.24) is 10.3 Å². The molecule has 0 bridgehead atoms. The summed E-state index contributed by atoms with van der Waals surface area (Å²) in [7, 11) is 0. The Bertz CT molecular complexity index is 667. The van der Waals surface area contributed by atoms with Gasteiger partial charge in [-0.05, 0) is 31.0 Å². The summed E-state index contributed by atoms with van der Waals surface area (Å²) in [6, 6.07) is 5.07. The lowest BCUT2D eigenvalue weighted by atomic mass is 10.0. The van der Waals surface area contributed by atoms with Crippen molar-refractivity contribution >= 4 is 33.4 Å². The largest absolute Gasteiger partial charge is 0.481 e. The van der Waals surface area contributed by atoms with Crippen LogP contribution in [0, 0.1) is 5.92 Å². The molecule has 0 saturated heterocycles. The highest BCUT2D eigenvalue weighted by molar-refractivity contribution is 7.16. The number of carbonyl (C=O) groups is 2. The van der Waals surface area contributed by atoms with E-state index in [2.05, 4.69) is 10.3 Å². The summed E-state index contributed by atoms with van der Waals surface area (Å²) in [5, 5.41) is 12.0. The number of rotatable bonds is 3. The Morgan fingerprint density at radius 3 is 3.00 bits per heavy atom. The molecule has 1 saturated carbocycles. The number of benzene rings is 1. The standard InChI is InChI=1S/C14H14N2O3S/c17-13(16-10-3-1-2-9(10)14(18)19)8-4-5-11-12(6-8)20-7-15-11/h4-7,9-10H,1-3H2,(H,16,17)(H,18,19). The first kappa shape index (κ1) is 13.1. The first-order valence-corrected chi connectivity index (χ1v) is 7.40. The number of fused-ring (bicyclic) bond motifs is 1. The van der Waals surface area contributed by atoms with E-state index >= 15 is 0 Å². The number of aliphatic carboxylic acids is 1. The Morgan fingerprint density at radius 2 is 2.20 bits per heavy atom. The van der Waals surface area contributed by atoms with Crippen LogP contribution in [0.2, 0.25) is 0 Å². The number of thiazole rings is 1. The molecule has 3 rings (SSSR count). The lowest BCUT2D eigenvalue weighted by Gasteiger charge is -2.17. The zero-order valence-corrected chi connectivity index (χ0v) is 11.5. The van der Waals surface area contributed by atoms with Gasteiger partial charge in [0.2, 0.25) is 0 Å².